The van der Waals surface area contributed by atoms with Gasteiger partial charge in [0, 0.05) is 12.5 Å². The van der Waals surface area contributed by atoms with Crippen molar-refractivity contribution in [3.8, 4) is 5.75 Å². The molecule has 1 aliphatic carbocycles. The number of hydrogen-bond donors (Lipinski definition) is 1. The van der Waals surface area contributed by atoms with Crippen molar-refractivity contribution in [1.82, 2.24) is 0 Å². The minimum atomic E-state index is -1.20. The molecule has 1 heterocycles. The molecule has 1 aromatic carbocycles. The van der Waals surface area contributed by atoms with Crippen molar-refractivity contribution < 1.29 is 38.6 Å². The largest absolute Gasteiger partial charge is 0.464 e. The van der Waals surface area contributed by atoms with Gasteiger partial charge in [0.1, 0.15) is 0 Å². The molecule has 0 bridgehead atoms. The number of allylic oxidation sites excluding steroid dienone is 1. The van der Waals surface area contributed by atoms with Gasteiger partial charge in [-0.1, -0.05) is 10.3 Å². The number of oxime groups is 2. The van der Waals surface area contributed by atoms with Crippen molar-refractivity contribution in [2.75, 3.05) is 14.2 Å². The predicted octanol–water partition coefficient (Wildman–Crippen LogP) is 3.57. The lowest BCUT2D eigenvalue weighted by molar-refractivity contribution is -0.133. The highest BCUT2D eigenvalue weighted by atomic mass is 79.9. The van der Waals surface area contributed by atoms with E-state index in [9.17, 15) is 14.4 Å². The van der Waals surface area contributed by atoms with Gasteiger partial charge in [-0.15, -0.1) is 0 Å². The molecule has 1 aromatic rings. The van der Waals surface area contributed by atoms with Crippen LogP contribution in [0.4, 0.5) is 0 Å². The van der Waals surface area contributed by atoms with Crippen LogP contribution in [0.2, 0.25) is 0 Å². The van der Waals surface area contributed by atoms with Gasteiger partial charge >= 0.3 is 11.9 Å². The predicted molar refractivity (Wildman–Crippen MR) is 125 cm³/mol. The van der Waals surface area contributed by atoms with Crippen LogP contribution in [0.15, 0.2) is 53.8 Å². The third-order valence-corrected chi connectivity index (χ3v) is 6.33. The number of carbonyl (C=O) groups is 3. The van der Waals surface area contributed by atoms with Crippen LogP contribution in [-0.2, 0) is 35.1 Å². The van der Waals surface area contributed by atoms with Gasteiger partial charge in [0.25, 0.3) is 0 Å². The zero-order chi connectivity index (χ0) is 24.3. The molecule has 1 unspecified atom stereocenters. The number of hydrogen-bond acceptors (Lipinski definition) is 10. The fourth-order valence-electron chi connectivity index (χ4n) is 3.03. The number of esters is 2. The Morgan fingerprint density at radius 2 is 1.85 bits per heavy atom. The summed E-state index contributed by atoms with van der Waals surface area (Å²) in [7, 11) is 2.41. The van der Waals surface area contributed by atoms with Gasteiger partial charge in [0.2, 0.25) is 5.78 Å². The smallest absolute Gasteiger partial charge is 0.356 e. The van der Waals surface area contributed by atoms with Crippen molar-refractivity contribution in [2.24, 2.45) is 10.3 Å². The quantitative estimate of drug-likeness (QED) is 0.214. The zero-order valence-corrected chi connectivity index (χ0v) is 21.8. The minimum Gasteiger partial charge on any atom is -0.464 e. The third kappa shape index (κ3) is 5.36. The SMILES string of the molecule is COC(=O)C1=NOC2(C=C(Br)C(=O)C(Oc3c(Br)cc(C/C(=N\O)C(=O)OC)cc3Br)=C2)C1. The van der Waals surface area contributed by atoms with Gasteiger partial charge in [0.15, 0.2) is 28.5 Å². The summed E-state index contributed by atoms with van der Waals surface area (Å²) < 4.78 is 16.2. The van der Waals surface area contributed by atoms with E-state index in [0.717, 1.165) is 0 Å². The van der Waals surface area contributed by atoms with E-state index < -0.39 is 23.3 Å². The van der Waals surface area contributed by atoms with Crippen LogP contribution in [0.5, 0.6) is 5.75 Å². The molecule has 3 rings (SSSR count). The maximum Gasteiger partial charge on any atom is 0.356 e. The molecule has 0 saturated carbocycles. The summed E-state index contributed by atoms with van der Waals surface area (Å²) in [5.74, 6) is -1.65. The first-order valence-corrected chi connectivity index (χ1v) is 11.4. The Bertz CT molecular complexity index is 1130. The van der Waals surface area contributed by atoms with E-state index in [1.165, 1.54) is 26.4 Å². The average molecular weight is 651 g/mol. The van der Waals surface area contributed by atoms with E-state index >= 15 is 0 Å². The van der Waals surface area contributed by atoms with E-state index in [1.807, 2.05) is 0 Å². The number of carbonyl (C=O) groups excluding carboxylic acids is 3. The standard InChI is InChI=1S/C20H15Br3N2O8/c1-30-18(27)13(24-29)5-9-3-10(21)17(11(22)4-9)32-15-8-20(6-12(23)16(15)26)7-14(25-33-20)19(28)31-2/h3-4,6,8,29H,5,7H2,1-2H3/b24-13+. The highest BCUT2D eigenvalue weighted by molar-refractivity contribution is 9.12. The first-order chi connectivity index (χ1) is 15.6. The number of halogens is 3. The molecule has 10 nitrogen and oxygen atoms in total. The summed E-state index contributed by atoms with van der Waals surface area (Å²) in [4.78, 5) is 41.6. The van der Waals surface area contributed by atoms with Crippen LogP contribution in [0.25, 0.3) is 0 Å². The van der Waals surface area contributed by atoms with Crippen molar-refractivity contribution in [1.29, 1.82) is 0 Å². The monoisotopic (exact) mass is 648 g/mol. The van der Waals surface area contributed by atoms with Crippen molar-refractivity contribution in [3.05, 3.63) is 49.0 Å². The van der Waals surface area contributed by atoms with Crippen molar-refractivity contribution in [3.63, 3.8) is 0 Å². The van der Waals surface area contributed by atoms with Gasteiger partial charge < -0.3 is 24.3 Å². The Hall–Kier alpha value is -2.51. The number of rotatable bonds is 6. The summed E-state index contributed by atoms with van der Waals surface area (Å²) in [6.07, 6.45) is 2.96. The Kier molecular flexibility index (Phi) is 7.75. The Morgan fingerprint density at radius 3 is 2.42 bits per heavy atom. The Morgan fingerprint density at radius 1 is 1.18 bits per heavy atom. The number of methoxy groups -OCH3 is 2. The number of ether oxygens (including phenoxy) is 3. The van der Waals surface area contributed by atoms with Crippen molar-refractivity contribution >= 4 is 76.9 Å². The summed E-state index contributed by atoms with van der Waals surface area (Å²) in [5.41, 5.74) is -0.725. The second-order valence-corrected chi connectivity index (χ2v) is 9.35. The maximum atomic E-state index is 12.7. The van der Waals surface area contributed by atoms with Gasteiger partial charge in [-0.2, -0.15) is 0 Å². The fraction of sp³-hybridized carbons (Fsp3) is 0.250. The van der Waals surface area contributed by atoms with E-state index in [-0.39, 0.29) is 40.3 Å². The Labute approximate surface area is 212 Å². The van der Waals surface area contributed by atoms with E-state index in [1.54, 1.807) is 12.1 Å². The van der Waals surface area contributed by atoms with Gasteiger partial charge in [-0.3, -0.25) is 4.79 Å². The van der Waals surface area contributed by atoms with E-state index in [0.29, 0.717) is 14.5 Å². The van der Waals surface area contributed by atoms with Crippen LogP contribution in [0.3, 0.4) is 0 Å². The highest BCUT2D eigenvalue weighted by Gasteiger charge is 2.43. The van der Waals surface area contributed by atoms with Crippen molar-refractivity contribution in [2.45, 2.75) is 18.4 Å². The average Bonchev–Trinajstić information content (AvgIpc) is 3.19. The summed E-state index contributed by atoms with van der Waals surface area (Å²) >= 11 is 9.98. The molecule has 13 heteroatoms. The van der Waals surface area contributed by atoms with Crippen LogP contribution >= 0.6 is 47.8 Å². The molecule has 174 valence electrons. The van der Waals surface area contributed by atoms with Gasteiger partial charge in [-0.05, 0) is 71.6 Å². The highest BCUT2D eigenvalue weighted by Crippen LogP contribution is 2.40. The molecule has 33 heavy (non-hydrogen) atoms. The van der Waals surface area contributed by atoms with E-state index in [4.69, 9.17) is 14.8 Å². The topological polar surface area (TPSA) is 133 Å². The maximum absolute atomic E-state index is 12.7. The molecule has 0 amide bonds. The van der Waals surface area contributed by atoms with Crippen LogP contribution in [0.1, 0.15) is 12.0 Å². The molecule has 0 radical (unpaired) electrons. The van der Waals surface area contributed by atoms with Crippen LogP contribution in [0, 0.1) is 0 Å². The van der Waals surface area contributed by atoms with Crippen LogP contribution in [-0.4, -0.2) is 54.2 Å². The minimum absolute atomic E-state index is 0.0127. The number of Topliss-reactive ketones (excluding diaryl/α,β-unsaturated/α-hetero) is 1. The molecule has 1 N–H and O–H groups in total. The lowest BCUT2D eigenvalue weighted by Gasteiger charge is -2.25. The first kappa shape index (κ1) is 25.1. The Balaban J connectivity index is 1.88. The molecule has 2 aliphatic rings. The lowest BCUT2D eigenvalue weighted by Crippen LogP contribution is -2.32. The fourth-order valence-corrected chi connectivity index (χ4v) is 5.06. The molecule has 0 aromatic heterocycles. The molecule has 1 atom stereocenters. The second-order valence-electron chi connectivity index (χ2n) is 6.79. The number of nitrogens with zero attached hydrogens (tertiary/aromatic N) is 2. The normalized spacial score (nSPS) is 20.0. The molecular formula is C20H15Br3N2O8. The molecule has 0 saturated heterocycles. The summed E-state index contributed by atoms with van der Waals surface area (Å²) in [6.45, 7) is 0. The summed E-state index contributed by atoms with van der Waals surface area (Å²) in [5, 5.41) is 15.8. The molecule has 0 fully saturated rings. The number of benzene rings is 1. The lowest BCUT2D eigenvalue weighted by atomic mass is 9.91. The zero-order valence-electron chi connectivity index (χ0n) is 17.1. The van der Waals surface area contributed by atoms with E-state index in [2.05, 4.69) is 67.6 Å². The molecule has 1 aliphatic heterocycles. The van der Waals surface area contributed by atoms with Gasteiger partial charge in [0.05, 0.1) is 34.1 Å². The molecule has 1 spiro atoms. The second kappa shape index (κ2) is 10.2. The first-order valence-electron chi connectivity index (χ1n) is 9.07. The van der Waals surface area contributed by atoms with Gasteiger partial charge in [-0.25, -0.2) is 9.59 Å². The molecular weight excluding hydrogens is 636 g/mol. The summed E-state index contributed by atoms with van der Waals surface area (Å²) in [6, 6.07) is 3.26. The third-order valence-electron chi connectivity index (χ3n) is 4.56. The number of ketones is 1. The van der Waals surface area contributed by atoms with Crippen LogP contribution < -0.4 is 4.74 Å².